The van der Waals surface area contributed by atoms with Crippen LogP contribution in [0, 0.1) is 0 Å². The van der Waals surface area contributed by atoms with Crippen molar-refractivity contribution >= 4 is 5.95 Å². The predicted octanol–water partition coefficient (Wildman–Crippen LogP) is 2.36. The van der Waals surface area contributed by atoms with Crippen LogP contribution in [0.5, 0.6) is 5.88 Å². The van der Waals surface area contributed by atoms with Gasteiger partial charge < -0.3 is 15.4 Å². The topological polar surface area (TPSA) is 64.3 Å². The lowest BCUT2D eigenvalue weighted by Crippen LogP contribution is -2.41. The lowest BCUT2D eigenvalue weighted by molar-refractivity contribution is 0.232. The second-order valence-electron chi connectivity index (χ2n) is 5.72. The highest BCUT2D eigenvalue weighted by atomic mass is 16.5. The molecule has 2 rings (SSSR count). The SMILES string of the molecule is CCN(c1nccc(OC(C)C)n1)C1CCC(N)CC1. The van der Waals surface area contributed by atoms with E-state index in [0.29, 0.717) is 18.0 Å². The molecule has 1 fully saturated rings. The van der Waals surface area contributed by atoms with Crippen LogP contribution >= 0.6 is 0 Å². The van der Waals surface area contributed by atoms with E-state index in [2.05, 4.69) is 21.8 Å². The maximum atomic E-state index is 5.99. The number of ether oxygens (including phenoxy) is 1. The first-order valence-corrected chi connectivity index (χ1v) is 7.62. The van der Waals surface area contributed by atoms with E-state index in [0.717, 1.165) is 38.2 Å². The van der Waals surface area contributed by atoms with Gasteiger partial charge in [-0.2, -0.15) is 4.98 Å². The van der Waals surface area contributed by atoms with Gasteiger partial charge in [-0.25, -0.2) is 4.98 Å². The first kappa shape index (κ1) is 15.0. The van der Waals surface area contributed by atoms with Gasteiger partial charge in [-0.3, -0.25) is 0 Å². The molecule has 1 heterocycles. The van der Waals surface area contributed by atoms with Gasteiger partial charge in [0, 0.05) is 30.9 Å². The predicted molar refractivity (Wildman–Crippen MR) is 81.0 cm³/mol. The Kier molecular flexibility index (Phi) is 5.17. The summed E-state index contributed by atoms with van der Waals surface area (Å²) in [6.45, 7) is 7.06. The van der Waals surface area contributed by atoms with Crippen LogP contribution in [-0.2, 0) is 0 Å². The summed E-state index contributed by atoms with van der Waals surface area (Å²) in [5, 5.41) is 0. The molecule has 1 aliphatic rings. The summed E-state index contributed by atoms with van der Waals surface area (Å²) in [6.07, 6.45) is 6.31. The van der Waals surface area contributed by atoms with Crippen LogP contribution in [0.1, 0.15) is 46.5 Å². The molecule has 1 aromatic rings. The van der Waals surface area contributed by atoms with Gasteiger partial charge in [0.05, 0.1) is 6.10 Å². The Morgan fingerprint density at radius 3 is 2.65 bits per heavy atom. The fourth-order valence-corrected chi connectivity index (χ4v) is 2.75. The van der Waals surface area contributed by atoms with Gasteiger partial charge in [0.15, 0.2) is 0 Å². The van der Waals surface area contributed by atoms with Gasteiger partial charge in [0.1, 0.15) is 0 Å². The van der Waals surface area contributed by atoms with Crippen molar-refractivity contribution in [3.63, 3.8) is 0 Å². The molecule has 2 N–H and O–H groups in total. The van der Waals surface area contributed by atoms with Crippen LogP contribution in [0.2, 0.25) is 0 Å². The molecule has 0 spiro atoms. The van der Waals surface area contributed by atoms with Gasteiger partial charge in [-0.1, -0.05) is 0 Å². The summed E-state index contributed by atoms with van der Waals surface area (Å²) >= 11 is 0. The molecule has 0 unspecified atom stereocenters. The molecule has 0 aromatic carbocycles. The molecule has 0 amide bonds. The molecule has 0 aliphatic heterocycles. The number of nitrogens with zero attached hydrogens (tertiary/aromatic N) is 3. The molecule has 0 atom stereocenters. The fourth-order valence-electron chi connectivity index (χ4n) is 2.75. The normalized spacial score (nSPS) is 22.9. The van der Waals surface area contributed by atoms with Crippen LogP contribution in [0.3, 0.4) is 0 Å². The fraction of sp³-hybridized carbons (Fsp3) is 0.733. The molecule has 1 saturated carbocycles. The van der Waals surface area contributed by atoms with Gasteiger partial charge in [-0.15, -0.1) is 0 Å². The van der Waals surface area contributed by atoms with E-state index in [1.54, 1.807) is 6.20 Å². The van der Waals surface area contributed by atoms with Crippen molar-refractivity contribution in [2.45, 2.75) is 64.6 Å². The van der Waals surface area contributed by atoms with Crippen molar-refractivity contribution < 1.29 is 4.74 Å². The monoisotopic (exact) mass is 278 g/mol. The first-order chi connectivity index (χ1) is 9.60. The second-order valence-corrected chi connectivity index (χ2v) is 5.72. The average Bonchev–Trinajstić information content (AvgIpc) is 2.41. The van der Waals surface area contributed by atoms with Gasteiger partial charge in [0.2, 0.25) is 11.8 Å². The maximum Gasteiger partial charge on any atom is 0.228 e. The minimum absolute atomic E-state index is 0.125. The Balaban J connectivity index is 2.10. The Labute approximate surface area is 121 Å². The number of aromatic nitrogens is 2. The van der Waals surface area contributed by atoms with Gasteiger partial charge in [0.25, 0.3) is 0 Å². The lowest BCUT2D eigenvalue weighted by Gasteiger charge is -2.35. The summed E-state index contributed by atoms with van der Waals surface area (Å²) in [6, 6.07) is 2.67. The van der Waals surface area contributed by atoms with Crippen molar-refractivity contribution in [2.24, 2.45) is 5.73 Å². The third-order valence-electron chi connectivity index (χ3n) is 3.75. The van der Waals surface area contributed by atoms with Crippen LogP contribution in [0.15, 0.2) is 12.3 Å². The number of rotatable bonds is 5. The average molecular weight is 278 g/mol. The zero-order valence-electron chi connectivity index (χ0n) is 12.7. The Morgan fingerprint density at radius 1 is 1.35 bits per heavy atom. The molecule has 5 nitrogen and oxygen atoms in total. The summed E-state index contributed by atoms with van der Waals surface area (Å²) < 4.78 is 5.66. The molecule has 0 saturated heterocycles. The number of hydrogen-bond acceptors (Lipinski definition) is 5. The number of nitrogens with two attached hydrogens (primary N) is 1. The van der Waals surface area contributed by atoms with Gasteiger partial charge >= 0.3 is 0 Å². The van der Waals surface area contributed by atoms with E-state index in [1.807, 2.05) is 19.9 Å². The zero-order valence-corrected chi connectivity index (χ0v) is 12.7. The standard InChI is InChI=1S/C15H26N4O/c1-4-19(13-7-5-12(16)6-8-13)15-17-10-9-14(18-15)20-11(2)3/h9-13H,4-8,16H2,1-3H3. The minimum atomic E-state index is 0.125. The molecule has 5 heteroatoms. The van der Waals surface area contributed by atoms with Crippen LogP contribution in [0.4, 0.5) is 5.95 Å². The van der Waals surface area contributed by atoms with Crippen molar-refractivity contribution in [2.75, 3.05) is 11.4 Å². The van der Waals surface area contributed by atoms with E-state index in [-0.39, 0.29) is 6.10 Å². The Hall–Kier alpha value is -1.36. The number of anilines is 1. The molecule has 1 aromatic heterocycles. The van der Waals surface area contributed by atoms with Crippen LogP contribution < -0.4 is 15.4 Å². The summed E-state index contributed by atoms with van der Waals surface area (Å²) in [7, 11) is 0. The lowest BCUT2D eigenvalue weighted by atomic mass is 9.91. The van der Waals surface area contributed by atoms with E-state index in [4.69, 9.17) is 10.5 Å². The van der Waals surface area contributed by atoms with E-state index < -0.39 is 0 Å². The molecule has 0 radical (unpaired) electrons. The third kappa shape index (κ3) is 3.82. The summed E-state index contributed by atoms with van der Waals surface area (Å²) in [4.78, 5) is 11.2. The van der Waals surface area contributed by atoms with Crippen LogP contribution in [0.25, 0.3) is 0 Å². The number of hydrogen-bond donors (Lipinski definition) is 1. The molecule has 112 valence electrons. The van der Waals surface area contributed by atoms with E-state index in [9.17, 15) is 0 Å². The highest BCUT2D eigenvalue weighted by Crippen LogP contribution is 2.25. The summed E-state index contributed by atoms with van der Waals surface area (Å²) in [5.41, 5.74) is 5.99. The molecule has 0 bridgehead atoms. The zero-order chi connectivity index (χ0) is 14.5. The summed E-state index contributed by atoms with van der Waals surface area (Å²) in [5.74, 6) is 1.42. The highest BCUT2D eigenvalue weighted by molar-refractivity contribution is 5.33. The Morgan fingerprint density at radius 2 is 2.05 bits per heavy atom. The molecule has 1 aliphatic carbocycles. The minimum Gasteiger partial charge on any atom is -0.475 e. The third-order valence-corrected chi connectivity index (χ3v) is 3.75. The quantitative estimate of drug-likeness (QED) is 0.895. The van der Waals surface area contributed by atoms with Crippen molar-refractivity contribution in [3.05, 3.63) is 12.3 Å². The molecule has 20 heavy (non-hydrogen) atoms. The van der Waals surface area contributed by atoms with Crippen molar-refractivity contribution in [1.82, 2.24) is 9.97 Å². The maximum absolute atomic E-state index is 5.99. The van der Waals surface area contributed by atoms with E-state index >= 15 is 0 Å². The van der Waals surface area contributed by atoms with Gasteiger partial charge in [-0.05, 0) is 46.5 Å². The van der Waals surface area contributed by atoms with Crippen molar-refractivity contribution in [3.8, 4) is 5.88 Å². The largest absolute Gasteiger partial charge is 0.475 e. The smallest absolute Gasteiger partial charge is 0.228 e. The Bertz CT molecular complexity index is 416. The van der Waals surface area contributed by atoms with Crippen LogP contribution in [-0.4, -0.2) is 34.7 Å². The molecular weight excluding hydrogens is 252 g/mol. The second kappa shape index (κ2) is 6.88. The van der Waals surface area contributed by atoms with Crippen molar-refractivity contribution in [1.29, 1.82) is 0 Å². The van der Waals surface area contributed by atoms with E-state index in [1.165, 1.54) is 0 Å². The first-order valence-electron chi connectivity index (χ1n) is 7.62. The highest BCUT2D eigenvalue weighted by Gasteiger charge is 2.25. The molecular formula is C15H26N4O.